The summed E-state index contributed by atoms with van der Waals surface area (Å²) in [6, 6.07) is 5.63. The monoisotopic (exact) mass is 246 g/mol. The summed E-state index contributed by atoms with van der Waals surface area (Å²) in [5.41, 5.74) is 1.81. The van der Waals surface area contributed by atoms with Gasteiger partial charge in [-0.05, 0) is 42.0 Å². The highest BCUT2D eigenvalue weighted by Gasteiger charge is 2.28. The van der Waals surface area contributed by atoms with E-state index in [0.29, 0.717) is 24.9 Å². The van der Waals surface area contributed by atoms with E-state index in [0.717, 1.165) is 29.7 Å². The third kappa shape index (κ3) is 2.18. The van der Waals surface area contributed by atoms with Crippen LogP contribution in [0.5, 0.6) is 11.5 Å². The first kappa shape index (κ1) is 11.1. The quantitative estimate of drug-likeness (QED) is 0.832. The number of carbonyl (C=O) groups is 1. The second-order valence-corrected chi connectivity index (χ2v) is 4.57. The average molecular weight is 246 g/mol. The lowest BCUT2D eigenvalue weighted by Gasteiger charge is -2.19. The first-order chi connectivity index (χ1) is 8.74. The fourth-order valence-corrected chi connectivity index (χ4v) is 2.19. The van der Waals surface area contributed by atoms with Crippen molar-refractivity contribution in [1.29, 1.82) is 0 Å². The zero-order chi connectivity index (χ0) is 12.5. The summed E-state index contributed by atoms with van der Waals surface area (Å²) in [7, 11) is 0. The fraction of sp³-hybridized carbons (Fsp3) is 0.357. The van der Waals surface area contributed by atoms with Gasteiger partial charge in [0, 0.05) is 6.08 Å². The van der Waals surface area contributed by atoms with Crippen LogP contribution in [0, 0.1) is 5.92 Å². The van der Waals surface area contributed by atoms with Gasteiger partial charge in [-0.3, -0.25) is 0 Å². The lowest BCUT2D eigenvalue weighted by atomic mass is 10.0. The molecule has 1 fully saturated rings. The third-order valence-electron chi connectivity index (χ3n) is 3.17. The molecular weight excluding hydrogens is 232 g/mol. The number of carboxylic acid groups (broad SMARTS) is 1. The zero-order valence-corrected chi connectivity index (χ0v) is 9.89. The van der Waals surface area contributed by atoms with E-state index in [-0.39, 0.29) is 0 Å². The van der Waals surface area contributed by atoms with E-state index >= 15 is 0 Å². The Kier molecular flexibility index (Phi) is 2.70. The van der Waals surface area contributed by atoms with E-state index < -0.39 is 5.97 Å². The molecule has 1 aromatic carbocycles. The molecule has 1 aromatic rings. The molecule has 1 aliphatic carbocycles. The predicted octanol–water partition coefficient (Wildman–Crippen LogP) is 2.34. The van der Waals surface area contributed by atoms with Crippen LogP contribution in [0.25, 0.3) is 5.57 Å². The number of ether oxygens (including phenoxy) is 2. The van der Waals surface area contributed by atoms with E-state index in [4.69, 9.17) is 14.6 Å². The van der Waals surface area contributed by atoms with E-state index in [1.165, 1.54) is 6.08 Å². The van der Waals surface area contributed by atoms with Crippen LogP contribution in [0.4, 0.5) is 0 Å². The minimum absolute atomic E-state index is 0.378. The van der Waals surface area contributed by atoms with Gasteiger partial charge in [0.25, 0.3) is 0 Å². The Balaban J connectivity index is 1.97. The first-order valence-electron chi connectivity index (χ1n) is 6.08. The van der Waals surface area contributed by atoms with Crippen molar-refractivity contribution >= 4 is 11.5 Å². The lowest BCUT2D eigenvalue weighted by Crippen LogP contribution is -2.15. The number of allylic oxidation sites excluding steroid dienone is 1. The summed E-state index contributed by atoms with van der Waals surface area (Å²) in [4.78, 5) is 10.9. The van der Waals surface area contributed by atoms with E-state index in [9.17, 15) is 4.79 Å². The molecule has 0 unspecified atom stereocenters. The smallest absolute Gasteiger partial charge is 0.328 e. The van der Waals surface area contributed by atoms with Crippen molar-refractivity contribution in [2.75, 3.05) is 13.2 Å². The van der Waals surface area contributed by atoms with Crippen molar-refractivity contribution in [3.63, 3.8) is 0 Å². The van der Waals surface area contributed by atoms with Gasteiger partial charge in [-0.1, -0.05) is 6.07 Å². The summed E-state index contributed by atoms with van der Waals surface area (Å²) in [6.07, 6.45) is 3.43. The summed E-state index contributed by atoms with van der Waals surface area (Å²) >= 11 is 0. The molecule has 1 N–H and O–H groups in total. The molecule has 94 valence electrons. The average Bonchev–Trinajstić information content (AvgIpc) is 3.19. The topological polar surface area (TPSA) is 55.8 Å². The maximum Gasteiger partial charge on any atom is 0.328 e. The molecule has 1 saturated carbocycles. The van der Waals surface area contributed by atoms with E-state index in [1.807, 2.05) is 18.2 Å². The molecule has 0 bridgehead atoms. The fourth-order valence-electron chi connectivity index (χ4n) is 2.19. The summed E-state index contributed by atoms with van der Waals surface area (Å²) in [5.74, 6) is 0.918. The van der Waals surface area contributed by atoms with Crippen molar-refractivity contribution in [2.24, 2.45) is 5.92 Å². The molecule has 0 radical (unpaired) electrons. The summed E-state index contributed by atoms with van der Waals surface area (Å²) < 4.78 is 11.0. The normalized spacial score (nSPS) is 18.6. The zero-order valence-electron chi connectivity index (χ0n) is 9.89. The molecule has 4 heteroatoms. The SMILES string of the molecule is O=C(O)/C=C(/c1ccc2c(c1)OCCO2)C1CC1. The first-order valence-corrected chi connectivity index (χ1v) is 6.08. The Morgan fingerprint density at radius 2 is 1.94 bits per heavy atom. The van der Waals surface area contributed by atoms with Gasteiger partial charge in [-0.2, -0.15) is 0 Å². The summed E-state index contributed by atoms with van der Waals surface area (Å²) in [6.45, 7) is 1.10. The largest absolute Gasteiger partial charge is 0.486 e. The molecule has 0 amide bonds. The molecule has 3 rings (SSSR count). The Labute approximate surface area is 105 Å². The van der Waals surface area contributed by atoms with Gasteiger partial charge in [0.05, 0.1) is 0 Å². The number of rotatable bonds is 3. The number of hydrogen-bond acceptors (Lipinski definition) is 3. The molecule has 1 aliphatic heterocycles. The van der Waals surface area contributed by atoms with Crippen LogP contribution in [-0.2, 0) is 4.79 Å². The second kappa shape index (κ2) is 4.37. The standard InChI is InChI=1S/C14H14O4/c15-14(16)8-11(9-1-2-9)10-3-4-12-13(7-10)18-6-5-17-12/h3-4,7-9H,1-2,5-6H2,(H,15,16)/b11-8+. The van der Waals surface area contributed by atoms with Crippen molar-refractivity contribution in [3.05, 3.63) is 29.8 Å². The molecule has 2 aliphatic rings. The van der Waals surface area contributed by atoms with Gasteiger partial charge < -0.3 is 14.6 Å². The van der Waals surface area contributed by atoms with Crippen LogP contribution in [0.3, 0.4) is 0 Å². The van der Waals surface area contributed by atoms with Gasteiger partial charge in [-0.25, -0.2) is 4.79 Å². The van der Waals surface area contributed by atoms with Gasteiger partial charge in [0.15, 0.2) is 11.5 Å². The van der Waals surface area contributed by atoms with Gasteiger partial charge in [0.2, 0.25) is 0 Å². The number of benzene rings is 1. The van der Waals surface area contributed by atoms with Crippen molar-refractivity contribution in [1.82, 2.24) is 0 Å². The van der Waals surface area contributed by atoms with Crippen LogP contribution in [0.1, 0.15) is 18.4 Å². The van der Waals surface area contributed by atoms with Crippen LogP contribution >= 0.6 is 0 Å². The Bertz CT molecular complexity index is 515. The highest BCUT2D eigenvalue weighted by molar-refractivity contribution is 5.91. The maximum absolute atomic E-state index is 10.9. The maximum atomic E-state index is 10.9. The molecule has 0 spiro atoms. The van der Waals surface area contributed by atoms with Crippen LogP contribution in [0.2, 0.25) is 0 Å². The van der Waals surface area contributed by atoms with Gasteiger partial charge in [0.1, 0.15) is 13.2 Å². The third-order valence-corrected chi connectivity index (χ3v) is 3.17. The predicted molar refractivity (Wildman–Crippen MR) is 65.8 cm³/mol. The molecule has 1 heterocycles. The van der Waals surface area contributed by atoms with Gasteiger partial charge >= 0.3 is 5.97 Å². The van der Waals surface area contributed by atoms with E-state index in [2.05, 4.69) is 0 Å². The van der Waals surface area contributed by atoms with Crippen molar-refractivity contribution in [2.45, 2.75) is 12.8 Å². The molecule has 0 atom stereocenters. The molecule has 18 heavy (non-hydrogen) atoms. The van der Waals surface area contributed by atoms with Crippen molar-refractivity contribution < 1.29 is 19.4 Å². The minimum Gasteiger partial charge on any atom is -0.486 e. The van der Waals surface area contributed by atoms with Gasteiger partial charge in [-0.15, -0.1) is 0 Å². The van der Waals surface area contributed by atoms with Crippen LogP contribution < -0.4 is 9.47 Å². The highest BCUT2D eigenvalue weighted by atomic mass is 16.6. The number of aliphatic carboxylic acids is 1. The Morgan fingerprint density at radius 1 is 1.22 bits per heavy atom. The van der Waals surface area contributed by atoms with Crippen LogP contribution in [0.15, 0.2) is 24.3 Å². The molecule has 4 nitrogen and oxygen atoms in total. The summed E-state index contributed by atoms with van der Waals surface area (Å²) in [5, 5.41) is 8.93. The molecular formula is C14H14O4. The Morgan fingerprint density at radius 3 is 2.61 bits per heavy atom. The lowest BCUT2D eigenvalue weighted by molar-refractivity contribution is -0.131. The second-order valence-electron chi connectivity index (χ2n) is 4.57. The van der Waals surface area contributed by atoms with Crippen molar-refractivity contribution in [3.8, 4) is 11.5 Å². The molecule has 0 saturated heterocycles. The number of hydrogen-bond donors (Lipinski definition) is 1. The number of fused-ring (bicyclic) bond motifs is 1. The highest BCUT2D eigenvalue weighted by Crippen LogP contribution is 2.43. The Hall–Kier alpha value is -1.97. The number of carboxylic acids is 1. The minimum atomic E-state index is -0.896. The van der Waals surface area contributed by atoms with E-state index in [1.54, 1.807) is 0 Å². The molecule has 0 aromatic heterocycles. The van der Waals surface area contributed by atoms with Crippen LogP contribution in [-0.4, -0.2) is 24.3 Å².